The highest BCUT2D eigenvalue weighted by Crippen LogP contribution is 2.02. The molecule has 0 aliphatic carbocycles. The highest BCUT2D eigenvalue weighted by atomic mass is 16.5. The van der Waals surface area contributed by atoms with E-state index < -0.39 is 12.1 Å². The summed E-state index contributed by atoms with van der Waals surface area (Å²) in [6.07, 6.45) is -0.641. The number of piperazine rings is 1. The molecule has 0 bridgehead atoms. The van der Waals surface area contributed by atoms with E-state index in [0.717, 1.165) is 5.56 Å². The minimum Gasteiger partial charge on any atom is -0.445 e. The molecular formula is C15H20N4O4. The first kappa shape index (κ1) is 16.6. The molecule has 1 aliphatic rings. The van der Waals surface area contributed by atoms with Crippen LogP contribution < -0.4 is 11.1 Å². The van der Waals surface area contributed by atoms with Gasteiger partial charge in [0.1, 0.15) is 13.2 Å². The average Bonchev–Trinajstić information content (AvgIpc) is 2.58. The zero-order valence-electron chi connectivity index (χ0n) is 12.7. The predicted octanol–water partition coefficient (Wildman–Crippen LogP) is 0.136. The number of amides is 4. The van der Waals surface area contributed by atoms with E-state index in [1.807, 2.05) is 30.3 Å². The van der Waals surface area contributed by atoms with E-state index in [2.05, 4.69) is 5.32 Å². The zero-order valence-corrected chi connectivity index (χ0v) is 12.7. The zero-order chi connectivity index (χ0) is 16.7. The molecule has 1 fully saturated rings. The van der Waals surface area contributed by atoms with Crippen LogP contribution in [0.15, 0.2) is 30.3 Å². The molecule has 1 aliphatic heterocycles. The van der Waals surface area contributed by atoms with Gasteiger partial charge in [-0.15, -0.1) is 0 Å². The fourth-order valence-electron chi connectivity index (χ4n) is 2.21. The fourth-order valence-corrected chi connectivity index (χ4v) is 2.21. The van der Waals surface area contributed by atoms with Gasteiger partial charge < -0.3 is 25.6 Å². The van der Waals surface area contributed by atoms with Gasteiger partial charge in [-0.1, -0.05) is 30.3 Å². The third-order valence-corrected chi connectivity index (χ3v) is 3.54. The number of benzene rings is 1. The molecule has 0 saturated carbocycles. The van der Waals surface area contributed by atoms with Crippen LogP contribution in [0.25, 0.3) is 0 Å². The number of urea groups is 1. The number of alkyl carbamates (subject to hydrolysis) is 1. The number of hydrogen-bond donors (Lipinski definition) is 2. The maximum absolute atomic E-state index is 12.0. The lowest BCUT2D eigenvalue weighted by molar-refractivity contribution is -0.131. The summed E-state index contributed by atoms with van der Waals surface area (Å²) in [5.74, 6) is -0.217. The monoisotopic (exact) mass is 320 g/mol. The third kappa shape index (κ3) is 5.17. The number of ether oxygens (including phenoxy) is 1. The van der Waals surface area contributed by atoms with Gasteiger partial charge in [0.2, 0.25) is 5.91 Å². The van der Waals surface area contributed by atoms with Gasteiger partial charge in [0.25, 0.3) is 0 Å². The van der Waals surface area contributed by atoms with E-state index in [0.29, 0.717) is 26.2 Å². The summed E-state index contributed by atoms with van der Waals surface area (Å²) in [6, 6.07) is 8.78. The van der Waals surface area contributed by atoms with Crippen molar-refractivity contribution in [2.24, 2.45) is 5.73 Å². The average molecular weight is 320 g/mol. The van der Waals surface area contributed by atoms with Crippen molar-refractivity contribution in [2.75, 3.05) is 32.7 Å². The van der Waals surface area contributed by atoms with Crippen LogP contribution in [0.1, 0.15) is 5.56 Å². The number of nitrogens with one attached hydrogen (secondary N) is 1. The van der Waals surface area contributed by atoms with Crippen molar-refractivity contribution in [1.82, 2.24) is 15.1 Å². The highest BCUT2D eigenvalue weighted by Gasteiger charge is 2.22. The number of rotatable bonds is 4. The molecule has 1 aromatic carbocycles. The molecule has 23 heavy (non-hydrogen) atoms. The first-order valence-corrected chi connectivity index (χ1v) is 7.33. The Labute approximate surface area is 134 Å². The number of nitrogens with zero attached hydrogens (tertiary/aromatic N) is 2. The molecule has 124 valence electrons. The standard InChI is InChI=1S/C15H20N4O4/c16-14(21)19-8-6-18(7-9-19)13(20)10-17-15(22)23-11-12-4-2-1-3-5-12/h1-5H,6-11H2,(H2,16,21)(H,17,22). The first-order valence-electron chi connectivity index (χ1n) is 7.33. The minimum absolute atomic E-state index is 0.135. The van der Waals surface area contributed by atoms with Crippen LogP contribution in [0.5, 0.6) is 0 Å². The van der Waals surface area contributed by atoms with Gasteiger partial charge in [0.15, 0.2) is 0 Å². The topological polar surface area (TPSA) is 105 Å². The lowest BCUT2D eigenvalue weighted by Gasteiger charge is -2.33. The number of primary amides is 1. The number of nitrogens with two attached hydrogens (primary N) is 1. The van der Waals surface area contributed by atoms with Crippen molar-refractivity contribution in [2.45, 2.75) is 6.61 Å². The van der Waals surface area contributed by atoms with Gasteiger partial charge in [-0.2, -0.15) is 0 Å². The maximum Gasteiger partial charge on any atom is 0.407 e. The Bertz CT molecular complexity index is 556. The summed E-state index contributed by atoms with van der Waals surface area (Å²) in [4.78, 5) is 37.6. The highest BCUT2D eigenvalue weighted by molar-refractivity contribution is 5.82. The molecule has 0 aromatic heterocycles. The van der Waals surface area contributed by atoms with E-state index >= 15 is 0 Å². The molecule has 1 saturated heterocycles. The lowest BCUT2D eigenvalue weighted by Crippen LogP contribution is -2.53. The van der Waals surface area contributed by atoms with Crippen molar-refractivity contribution in [3.05, 3.63) is 35.9 Å². The molecule has 1 heterocycles. The Morgan fingerprint density at radius 3 is 2.26 bits per heavy atom. The number of hydrogen-bond acceptors (Lipinski definition) is 4. The van der Waals surface area contributed by atoms with Crippen molar-refractivity contribution in [3.63, 3.8) is 0 Å². The van der Waals surface area contributed by atoms with Crippen LogP contribution in [0.4, 0.5) is 9.59 Å². The van der Waals surface area contributed by atoms with Crippen LogP contribution in [-0.2, 0) is 16.1 Å². The van der Waals surface area contributed by atoms with Gasteiger partial charge >= 0.3 is 12.1 Å². The Morgan fingerprint density at radius 2 is 1.65 bits per heavy atom. The maximum atomic E-state index is 12.0. The van der Waals surface area contributed by atoms with E-state index in [1.165, 1.54) is 4.90 Å². The number of carbonyl (C=O) groups is 3. The molecule has 0 unspecified atom stereocenters. The number of carbonyl (C=O) groups excluding carboxylic acids is 3. The molecule has 0 atom stereocenters. The first-order chi connectivity index (χ1) is 11.1. The molecule has 3 N–H and O–H groups in total. The van der Waals surface area contributed by atoms with Crippen LogP contribution in [0.2, 0.25) is 0 Å². The summed E-state index contributed by atoms with van der Waals surface area (Å²) in [6.45, 7) is 1.63. The summed E-state index contributed by atoms with van der Waals surface area (Å²) < 4.78 is 5.02. The molecular weight excluding hydrogens is 300 g/mol. The Morgan fingerprint density at radius 1 is 1.04 bits per heavy atom. The normalized spacial score (nSPS) is 14.3. The second-order valence-corrected chi connectivity index (χ2v) is 5.12. The second kappa shape index (κ2) is 8.02. The van der Waals surface area contributed by atoms with Crippen LogP contribution >= 0.6 is 0 Å². The molecule has 1 aromatic rings. The third-order valence-electron chi connectivity index (χ3n) is 3.54. The lowest BCUT2D eigenvalue weighted by atomic mass is 10.2. The van der Waals surface area contributed by atoms with Crippen LogP contribution in [0.3, 0.4) is 0 Å². The van der Waals surface area contributed by atoms with E-state index in [4.69, 9.17) is 10.5 Å². The van der Waals surface area contributed by atoms with Crippen molar-refractivity contribution < 1.29 is 19.1 Å². The van der Waals surface area contributed by atoms with Gasteiger partial charge in [0, 0.05) is 26.2 Å². The summed E-state index contributed by atoms with van der Waals surface area (Å²) in [5, 5.41) is 2.43. The van der Waals surface area contributed by atoms with E-state index in [9.17, 15) is 14.4 Å². The quantitative estimate of drug-likeness (QED) is 0.823. The predicted molar refractivity (Wildman–Crippen MR) is 82.4 cm³/mol. The molecule has 8 heteroatoms. The molecule has 0 spiro atoms. The Kier molecular flexibility index (Phi) is 5.79. The molecule has 4 amide bonds. The van der Waals surface area contributed by atoms with Crippen molar-refractivity contribution >= 4 is 18.0 Å². The summed E-state index contributed by atoms with van der Waals surface area (Å²) >= 11 is 0. The van der Waals surface area contributed by atoms with Crippen LogP contribution in [-0.4, -0.2) is 60.6 Å². The fraction of sp³-hybridized carbons (Fsp3) is 0.400. The molecule has 8 nitrogen and oxygen atoms in total. The Hall–Kier alpha value is -2.77. The minimum atomic E-state index is -0.641. The SMILES string of the molecule is NC(=O)N1CCN(C(=O)CNC(=O)OCc2ccccc2)CC1. The largest absolute Gasteiger partial charge is 0.445 e. The van der Waals surface area contributed by atoms with Crippen molar-refractivity contribution in [3.8, 4) is 0 Å². The van der Waals surface area contributed by atoms with Crippen molar-refractivity contribution in [1.29, 1.82) is 0 Å². The van der Waals surface area contributed by atoms with Crippen LogP contribution in [0, 0.1) is 0 Å². The summed E-state index contributed by atoms with van der Waals surface area (Å²) in [5.41, 5.74) is 6.05. The molecule has 0 radical (unpaired) electrons. The Balaban J connectivity index is 1.66. The molecule has 2 rings (SSSR count). The van der Waals surface area contributed by atoms with Gasteiger partial charge in [-0.05, 0) is 5.56 Å². The van der Waals surface area contributed by atoms with Gasteiger partial charge in [-0.25, -0.2) is 9.59 Å². The second-order valence-electron chi connectivity index (χ2n) is 5.12. The van der Waals surface area contributed by atoms with Gasteiger partial charge in [0.05, 0.1) is 0 Å². The van der Waals surface area contributed by atoms with Gasteiger partial charge in [-0.3, -0.25) is 4.79 Å². The smallest absolute Gasteiger partial charge is 0.407 e. The summed E-state index contributed by atoms with van der Waals surface area (Å²) in [7, 11) is 0. The van der Waals surface area contributed by atoms with E-state index in [-0.39, 0.29) is 19.1 Å². The van der Waals surface area contributed by atoms with E-state index in [1.54, 1.807) is 4.90 Å².